The van der Waals surface area contributed by atoms with Gasteiger partial charge in [0.15, 0.2) is 0 Å². The lowest BCUT2D eigenvalue weighted by molar-refractivity contribution is 0.175. The van der Waals surface area contributed by atoms with E-state index in [2.05, 4.69) is 32.4 Å². The van der Waals surface area contributed by atoms with E-state index >= 15 is 0 Å². The van der Waals surface area contributed by atoms with Gasteiger partial charge < -0.3 is 10.6 Å². The average Bonchev–Trinajstić information content (AvgIpc) is 3.14. The summed E-state index contributed by atoms with van der Waals surface area (Å²) in [6.45, 7) is 4.31. The van der Waals surface area contributed by atoms with Crippen molar-refractivity contribution in [3.63, 3.8) is 0 Å². The van der Waals surface area contributed by atoms with Crippen LogP contribution < -0.4 is 10.6 Å². The third kappa shape index (κ3) is 5.83. The number of hydrogen-bond acceptors (Lipinski definition) is 3. The summed E-state index contributed by atoms with van der Waals surface area (Å²) < 4.78 is 12.8. The van der Waals surface area contributed by atoms with Crippen molar-refractivity contribution >= 4 is 17.4 Å². The summed E-state index contributed by atoms with van der Waals surface area (Å²) in [5.74, 6) is 0.272. The molecule has 0 radical (unpaired) electrons. The molecule has 0 unspecified atom stereocenters. The molecule has 2 amide bonds. The highest BCUT2D eigenvalue weighted by molar-refractivity contribution is 7.07. The maximum atomic E-state index is 12.8. The zero-order chi connectivity index (χ0) is 17.5. The van der Waals surface area contributed by atoms with Crippen LogP contribution in [0.4, 0.5) is 9.18 Å². The van der Waals surface area contributed by atoms with Gasteiger partial charge in [0.25, 0.3) is 0 Å². The Balaban J connectivity index is 1.31. The van der Waals surface area contributed by atoms with E-state index in [0.717, 1.165) is 38.0 Å². The molecule has 1 aliphatic rings. The number of amides is 2. The molecule has 1 aromatic carbocycles. The summed E-state index contributed by atoms with van der Waals surface area (Å²) in [6, 6.07) is 8.18. The number of nitrogens with one attached hydrogen (secondary N) is 2. The number of likely N-dealkylation sites (tertiary alicyclic amines) is 1. The van der Waals surface area contributed by atoms with Gasteiger partial charge in [-0.25, -0.2) is 9.18 Å². The Morgan fingerprint density at radius 3 is 2.56 bits per heavy atom. The standard InChI is InChI=1S/C19H24FN3OS/c20-18-3-1-15(2-4-18)11-21-19(24)22-12-16-5-8-23(9-6-16)13-17-7-10-25-14-17/h1-4,7,10,14,16H,5-6,8-9,11-13H2,(H2,21,22,24). The molecule has 2 heterocycles. The first-order valence-electron chi connectivity index (χ1n) is 8.68. The highest BCUT2D eigenvalue weighted by Gasteiger charge is 2.19. The van der Waals surface area contributed by atoms with Crippen molar-refractivity contribution in [2.45, 2.75) is 25.9 Å². The molecule has 0 bridgehead atoms. The molecule has 4 nitrogen and oxygen atoms in total. The minimum Gasteiger partial charge on any atom is -0.338 e. The van der Waals surface area contributed by atoms with Gasteiger partial charge in [0.1, 0.15) is 5.82 Å². The van der Waals surface area contributed by atoms with Gasteiger partial charge in [0.05, 0.1) is 0 Å². The summed E-state index contributed by atoms with van der Waals surface area (Å²) in [7, 11) is 0. The number of carbonyl (C=O) groups excluding carboxylic acids is 1. The van der Waals surface area contributed by atoms with Crippen LogP contribution >= 0.6 is 11.3 Å². The van der Waals surface area contributed by atoms with Gasteiger partial charge in [0, 0.05) is 19.6 Å². The summed E-state index contributed by atoms with van der Waals surface area (Å²) >= 11 is 1.74. The number of hydrogen-bond donors (Lipinski definition) is 2. The Morgan fingerprint density at radius 2 is 1.88 bits per heavy atom. The Bertz CT molecular complexity index is 652. The van der Waals surface area contributed by atoms with Crippen LogP contribution in [0.1, 0.15) is 24.0 Å². The van der Waals surface area contributed by atoms with Gasteiger partial charge in [-0.15, -0.1) is 0 Å². The minimum atomic E-state index is -0.265. The predicted octanol–water partition coefficient (Wildman–Crippen LogP) is 3.60. The molecule has 1 aromatic heterocycles. The smallest absolute Gasteiger partial charge is 0.315 e. The van der Waals surface area contributed by atoms with Crippen LogP contribution in [0.3, 0.4) is 0 Å². The molecule has 3 rings (SSSR count). The largest absolute Gasteiger partial charge is 0.338 e. The molecule has 2 N–H and O–H groups in total. The molecule has 0 spiro atoms. The van der Waals surface area contributed by atoms with Crippen molar-refractivity contribution in [1.82, 2.24) is 15.5 Å². The number of benzene rings is 1. The number of urea groups is 1. The number of halogens is 1. The SMILES string of the molecule is O=C(NCc1ccc(F)cc1)NCC1CCN(Cc2ccsc2)CC1. The molecule has 1 aliphatic heterocycles. The lowest BCUT2D eigenvalue weighted by Gasteiger charge is -2.31. The minimum absolute atomic E-state index is 0.162. The third-order valence-corrected chi connectivity index (χ3v) is 5.34. The monoisotopic (exact) mass is 361 g/mol. The second kappa shape index (κ2) is 8.97. The molecular weight excluding hydrogens is 337 g/mol. The Morgan fingerprint density at radius 1 is 1.12 bits per heavy atom. The van der Waals surface area contributed by atoms with E-state index < -0.39 is 0 Å². The van der Waals surface area contributed by atoms with E-state index in [0.29, 0.717) is 19.0 Å². The number of carbonyl (C=O) groups is 1. The van der Waals surface area contributed by atoms with Gasteiger partial charge in [-0.05, 0) is 71.9 Å². The molecule has 1 fully saturated rings. The van der Waals surface area contributed by atoms with Crippen LogP contribution in [0.15, 0.2) is 41.1 Å². The quantitative estimate of drug-likeness (QED) is 0.826. The van der Waals surface area contributed by atoms with Crippen molar-refractivity contribution in [2.75, 3.05) is 19.6 Å². The van der Waals surface area contributed by atoms with E-state index in [-0.39, 0.29) is 11.8 Å². The topological polar surface area (TPSA) is 44.4 Å². The summed E-state index contributed by atoms with van der Waals surface area (Å²) in [5, 5.41) is 10.1. The maximum absolute atomic E-state index is 12.8. The number of thiophene rings is 1. The van der Waals surface area contributed by atoms with E-state index in [4.69, 9.17) is 0 Å². The first-order valence-corrected chi connectivity index (χ1v) is 9.63. The van der Waals surface area contributed by atoms with Gasteiger partial charge in [-0.2, -0.15) is 11.3 Å². The van der Waals surface area contributed by atoms with E-state index in [9.17, 15) is 9.18 Å². The Hall–Kier alpha value is -1.92. The average molecular weight is 361 g/mol. The van der Waals surface area contributed by atoms with Crippen molar-refractivity contribution in [3.8, 4) is 0 Å². The van der Waals surface area contributed by atoms with Crippen LogP contribution in [-0.2, 0) is 13.1 Å². The number of piperidine rings is 1. The predicted molar refractivity (Wildman–Crippen MR) is 99.0 cm³/mol. The normalized spacial score (nSPS) is 15.9. The lowest BCUT2D eigenvalue weighted by Crippen LogP contribution is -2.41. The molecule has 1 saturated heterocycles. The maximum Gasteiger partial charge on any atom is 0.315 e. The zero-order valence-electron chi connectivity index (χ0n) is 14.2. The van der Waals surface area contributed by atoms with Crippen LogP contribution in [0.5, 0.6) is 0 Å². The lowest BCUT2D eigenvalue weighted by atomic mass is 9.96. The van der Waals surface area contributed by atoms with Crippen LogP contribution in [0.25, 0.3) is 0 Å². The van der Waals surface area contributed by atoms with Crippen molar-refractivity contribution in [2.24, 2.45) is 5.92 Å². The molecule has 0 atom stereocenters. The third-order valence-electron chi connectivity index (χ3n) is 4.61. The molecular formula is C19H24FN3OS. The number of rotatable bonds is 6. The van der Waals surface area contributed by atoms with E-state index in [1.54, 1.807) is 23.5 Å². The molecule has 2 aromatic rings. The second-order valence-corrected chi connectivity index (χ2v) is 7.32. The van der Waals surface area contributed by atoms with Crippen molar-refractivity contribution in [3.05, 3.63) is 58.0 Å². The number of nitrogens with zero attached hydrogens (tertiary/aromatic N) is 1. The molecule has 0 aliphatic carbocycles. The highest BCUT2D eigenvalue weighted by atomic mass is 32.1. The molecule has 6 heteroatoms. The molecule has 25 heavy (non-hydrogen) atoms. The first-order chi connectivity index (χ1) is 12.2. The molecule has 134 valence electrons. The van der Waals surface area contributed by atoms with Gasteiger partial charge >= 0.3 is 6.03 Å². The summed E-state index contributed by atoms with van der Waals surface area (Å²) in [5.41, 5.74) is 2.28. The summed E-state index contributed by atoms with van der Waals surface area (Å²) in [6.07, 6.45) is 2.23. The Kier molecular flexibility index (Phi) is 6.42. The first kappa shape index (κ1) is 17.9. The molecule has 0 saturated carbocycles. The fourth-order valence-corrected chi connectivity index (χ4v) is 3.73. The summed E-state index contributed by atoms with van der Waals surface area (Å²) in [4.78, 5) is 14.4. The fraction of sp³-hybridized carbons (Fsp3) is 0.421. The van der Waals surface area contributed by atoms with Crippen LogP contribution in [0, 0.1) is 11.7 Å². The van der Waals surface area contributed by atoms with Crippen LogP contribution in [0.2, 0.25) is 0 Å². The van der Waals surface area contributed by atoms with Gasteiger partial charge in [0.2, 0.25) is 0 Å². The second-order valence-electron chi connectivity index (χ2n) is 6.54. The van der Waals surface area contributed by atoms with Gasteiger partial charge in [-0.1, -0.05) is 12.1 Å². The highest BCUT2D eigenvalue weighted by Crippen LogP contribution is 2.19. The Labute approximate surface area is 152 Å². The van der Waals surface area contributed by atoms with Crippen molar-refractivity contribution < 1.29 is 9.18 Å². The van der Waals surface area contributed by atoms with Gasteiger partial charge in [-0.3, -0.25) is 4.90 Å². The van der Waals surface area contributed by atoms with Crippen molar-refractivity contribution in [1.29, 1.82) is 0 Å². The van der Waals surface area contributed by atoms with Crippen LogP contribution in [-0.4, -0.2) is 30.6 Å². The van der Waals surface area contributed by atoms with E-state index in [1.165, 1.54) is 17.7 Å². The fourth-order valence-electron chi connectivity index (χ4n) is 3.07. The zero-order valence-corrected chi connectivity index (χ0v) is 15.0. The van der Waals surface area contributed by atoms with E-state index in [1.807, 2.05) is 0 Å².